The van der Waals surface area contributed by atoms with Crippen LogP contribution >= 0.6 is 7.60 Å². The number of hydrogen-bond acceptors (Lipinski definition) is 7. The van der Waals surface area contributed by atoms with Crippen LogP contribution in [0.15, 0.2) is 0 Å². The molecule has 0 aromatic heterocycles. The Hall–Kier alpha value is -0.950. The molecule has 0 aromatic rings. The molecule has 0 amide bonds. The number of ether oxygens (including phenoxy) is 2. The second kappa shape index (κ2) is 30.1. The Bertz CT molecular complexity index is 771. The minimum atomic E-state index is -3.35. The van der Waals surface area contributed by atoms with E-state index in [1.807, 2.05) is 21.1 Å². The van der Waals surface area contributed by atoms with E-state index in [2.05, 4.69) is 13.8 Å². The first-order chi connectivity index (χ1) is 22.0. The minimum absolute atomic E-state index is 0.111. The van der Waals surface area contributed by atoms with Crippen molar-refractivity contribution in [3.05, 3.63) is 0 Å². The van der Waals surface area contributed by atoms with Crippen LogP contribution in [0.25, 0.3) is 0 Å². The number of quaternary nitrogens is 1. The molecular formula is C37H75NO7P+. The second-order valence-corrected chi connectivity index (χ2v) is 16.3. The molecule has 0 rings (SSSR count). The molecule has 0 N–H and O–H groups in total. The molecule has 0 aliphatic rings. The first-order valence-electron chi connectivity index (χ1n) is 19.0. The van der Waals surface area contributed by atoms with Crippen molar-refractivity contribution in [3.8, 4) is 0 Å². The number of unbranched alkanes of at least 4 members (excludes halogenated alkanes) is 20. The van der Waals surface area contributed by atoms with Crippen molar-refractivity contribution >= 4 is 19.5 Å². The van der Waals surface area contributed by atoms with Gasteiger partial charge in [0.15, 0.2) is 6.10 Å². The van der Waals surface area contributed by atoms with Gasteiger partial charge in [0.05, 0.1) is 27.7 Å². The maximum Gasteiger partial charge on any atom is 0.327 e. The molecule has 0 heterocycles. The van der Waals surface area contributed by atoms with E-state index < -0.39 is 13.7 Å². The van der Waals surface area contributed by atoms with Crippen LogP contribution in [0.2, 0.25) is 0 Å². The van der Waals surface area contributed by atoms with Crippen molar-refractivity contribution in [2.24, 2.45) is 0 Å². The Balaban J connectivity index is 4.44. The highest BCUT2D eigenvalue weighted by molar-refractivity contribution is 7.52. The molecule has 0 bridgehead atoms. The standard InChI is InChI=1S/C37H75NO7P/c1-7-9-11-13-15-17-19-21-23-25-27-29-36(39)42-33-35(34-44-46(6,41)43-32-31-38(3,4)5)45-37(40)30-28-26-24-22-20-18-16-14-12-10-8-2/h35H,7-34H2,1-6H3/q+1/t35-,46+/m1/s1. The monoisotopic (exact) mass is 677 g/mol. The minimum Gasteiger partial charge on any atom is -0.462 e. The maximum atomic E-state index is 12.8. The van der Waals surface area contributed by atoms with Crippen LogP contribution in [-0.2, 0) is 32.7 Å². The molecule has 0 aromatic carbocycles. The zero-order valence-electron chi connectivity index (χ0n) is 31.1. The number of esters is 2. The highest BCUT2D eigenvalue weighted by atomic mass is 31.2. The lowest BCUT2D eigenvalue weighted by molar-refractivity contribution is -0.870. The van der Waals surface area contributed by atoms with Crippen LogP contribution in [-0.4, -0.2) is 76.7 Å². The van der Waals surface area contributed by atoms with E-state index in [-0.39, 0.29) is 31.8 Å². The smallest absolute Gasteiger partial charge is 0.327 e. The number of carbonyl (C=O) groups excluding carboxylic acids is 2. The van der Waals surface area contributed by atoms with Gasteiger partial charge < -0.3 is 23.0 Å². The molecule has 0 spiro atoms. The third kappa shape index (κ3) is 33.0. The van der Waals surface area contributed by atoms with Gasteiger partial charge in [-0.05, 0) is 12.8 Å². The molecule has 0 fully saturated rings. The fourth-order valence-electron chi connectivity index (χ4n) is 5.22. The largest absolute Gasteiger partial charge is 0.462 e. The number of likely N-dealkylation sites (N-methyl/N-ethyl adjacent to an activating group) is 1. The highest BCUT2D eigenvalue weighted by Crippen LogP contribution is 2.43. The number of nitrogens with zero attached hydrogens (tertiary/aromatic N) is 1. The average Bonchev–Trinajstić information content (AvgIpc) is 2.99. The van der Waals surface area contributed by atoms with Gasteiger partial charge in [-0.2, -0.15) is 0 Å². The fourth-order valence-corrected chi connectivity index (χ4v) is 6.15. The molecule has 8 nitrogen and oxygen atoms in total. The van der Waals surface area contributed by atoms with E-state index in [0.717, 1.165) is 38.5 Å². The van der Waals surface area contributed by atoms with Gasteiger partial charge in [0.25, 0.3) is 0 Å². The van der Waals surface area contributed by atoms with Crippen molar-refractivity contribution < 1.29 is 37.2 Å². The van der Waals surface area contributed by atoms with Crippen LogP contribution in [0.5, 0.6) is 0 Å². The molecule has 274 valence electrons. The Labute approximate surface area is 284 Å². The van der Waals surface area contributed by atoms with Gasteiger partial charge in [-0.1, -0.05) is 142 Å². The van der Waals surface area contributed by atoms with Crippen LogP contribution in [0.1, 0.15) is 168 Å². The Morgan fingerprint density at radius 2 is 0.957 bits per heavy atom. The van der Waals surface area contributed by atoms with Gasteiger partial charge in [0, 0.05) is 19.5 Å². The van der Waals surface area contributed by atoms with E-state index in [1.54, 1.807) is 0 Å². The second-order valence-electron chi connectivity index (χ2n) is 14.3. The zero-order chi connectivity index (χ0) is 34.4. The Morgan fingerprint density at radius 3 is 1.37 bits per heavy atom. The first kappa shape index (κ1) is 45.0. The van der Waals surface area contributed by atoms with Gasteiger partial charge >= 0.3 is 19.5 Å². The Morgan fingerprint density at radius 1 is 0.565 bits per heavy atom. The van der Waals surface area contributed by atoms with Gasteiger partial charge in [-0.3, -0.25) is 14.2 Å². The molecular weight excluding hydrogens is 601 g/mol. The molecule has 2 atom stereocenters. The van der Waals surface area contributed by atoms with E-state index >= 15 is 0 Å². The number of rotatable bonds is 34. The summed E-state index contributed by atoms with van der Waals surface area (Å²) in [4.78, 5) is 25.1. The third-order valence-corrected chi connectivity index (χ3v) is 9.55. The van der Waals surface area contributed by atoms with Crippen LogP contribution in [0.4, 0.5) is 0 Å². The summed E-state index contributed by atoms with van der Waals surface area (Å²) in [5.41, 5.74) is 0. The van der Waals surface area contributed by atoms with Crippen LogP contribution in [0.3, 0.4) is 0 Å². The normalized spacial score (nSPS) is 13.8. The molecule has 46 heavy (non-hydrogen) atoms. The fraction of sp³-hybridized carbons (Fsp3) is 0.946. The predicted octanol–water partition coefficient (Wildman–Crippen LogP) is 10.4. The third-order valence-electron chi connectivity index (χ3n) is 8.28. The highest BCUT2D eigenvalue weighted by Gasteiger charge is 2.24. The first-order valence-corrected chi connectivity index (χ1v) is 21.0. The summed E-state index contributed by atoms with van der Waals surface area (Å²) in [6, 6.07) is 0. The maximum absolute atomic E-state index is 12.8. The van der Waals surface area contributed by atoms with Crippen molar-refractivity contribution in [1.29, 1.82) is 0 Å². The molecule has 0 saturated heterocycles. The van der Waals surface area contributed by atoms with Gasteiger partial charge in [-0.15, -0.1) is 0 Å². The number of carbonyl (C=O) groups is 2. The SMILES string of the molecule is CCCCCCCCCCCCCC(=O)OC[C@H](CO[P@@](C)(=O)OCC[N+](C)(C)C)OC(=O)CCCCCCCCCCCCC. The zero-order valence-corrected chi connectivity index (χ0v) is 32.0. The van der Waals surface area contributed by atoms with Crippen molar-refractivity contribution in [3.63, 3.8) is 0 Å². The van der Waals surface area contributed by atoms with E-state index in [0.29, 0.717) is 23.9 Å². The summed E-state index contributed by atoms with van der Waals surface area (Å²) in [6.07, 6.45) is 26.5. The van der Waals surface area contributed by atoms with Crippen LogP contribution in [0, 0.1) is 0 Å². The van der Waals surface area contributed by atoms with E-state index in [9.17, 15) is 14.2 Å². The van der Waals surface area contributed by atoms with E-state index in [1.165, 1.54) is 109 Å². The molecule has 0 radical (unpaired) electrons. The predicted molar refractivity (Wildman–Crippen MR) is 191 cm³/mol. The lowest BCUT2D eigenvalue weighted by Crippen LogP contribution is -2.37. The summed E-state index contributed by atoms with van der Waals surface area (Å²) >= 11 is 0. The number of hydrogen-bond donors (Lipinski definition) is 0. The summed E-state index contributed by atoms with van der Waals surface area (Å²) in [7, 11) is 2.73. The van der Waals surface area contributed by atoms with Gasteiger partial charge in [-0.25, -0.2) is 0 Å². The molecule has 0 aliphatic heterocycles. The average molecular weight is 677 g/mol. The van der Waals surface area contributed by atoms with E-state index in [4.69, 9.17) is 18.5 Å². The summed E-state index contributed by atoms with van der Waals surface area (Å²) in [5.74, 6) is -0.649. The van der Waals surface area contributed by atoms with Gasteiger partial charge in [0.1, 0.15) is 19.8 Å². The summed E-state index contributed by atoms with van der Waals surface area (Å²) in [6.45, 7) is 6.62. The molecule has 9 heteroatoms. The van der Waals surface area contributed by atoms with Crippen molar-refractivity contribution in [2.45, 2.75) is 174 Å². The quantitative estimate of drug-likeness (QED) is 0.0290. The molecule has 0 saturated carbocycles. The molecule has 0 aliphatic carbocycles. The van der Waals surface area contributed by atoms with Gasteiger partial charge in [0.2, 0.25) is 0 Å². The van der Waals surface area contributed by atoms with Crippen molar-refractivity contribution in [2.75, 3.05) is 54.2 Å². The summed E-state index contributed by atoms with van der Waals surface area (Å²) < 4.78 is 35.7. The lowest BCUT2D eigenvalue weighted by Gasteiger charge is -2.25. The van der Waals surface area contributed by atoms with Crippen LogP contribution < -0.4 is 0 Å². The lowest BCUT2D eigenvalue weighted by atomic mass is 10.1. The summed E-state index contributed by atoms with van der Waals surface area (Å²) in [5, 5.41) is 0. The Kier molecular flexibility index (Phi) is 29.5. The van der Waals surface area contributed by atoms with Crippen molar-refractivity contribution in [1.82, 2.24) is 0 Å². The topological polar surface area (TPSA) is 88.1 Å². The molecule has 0 unspecified atom stereocenters.